The van der Waals surface area contributed by atoms with Crippen LogP contribution < -0.4 is 0 Å². The van der Waals surface area contributed by atoms with Crippen molar-refractivity contribution in [3.63, 3.8) is 0 Å². The fourth-order valence-electron chi connectivity index (χ4n) is 3.45. The van der Waals surface area contributed by atoms with Crippen LogP contribution in [-0.4, -0.2) is 44.5 Å². The molecular formula is C14H27NO2S. The van der Waals surface area contributed by atoms with Gasteiger partial charge >= 0.3 is 0 Å². The summed E-state index contributed by atoms with van der Waals surface area (Å²) in [6, 6.07) is 0.689. The van der Waals surface area contributed by atoms with E-state index in [0.717, 1.165) is 13.0 Å². The molecule has 1 atom stereocenters. The van der Waals surface area contributed by atoms with E-state index in [0.29, 0.717) is 23.5 Å². The van der Waals surface area contributed by atoms with Gasteiger partial charge in [0, 0.05) is 12.6 Å². The van der Waals surface area contributed by atoms with Crippen LogP contribution in [0.25, 0.3) is 0 Å². The quantitative estimate of drug-likeness (QED) is 0.793. The molecule has 0 spiro atoms. The second kappa shape index (κ2) is 6.38. The molecule has 3 nitrogen and oxygen atoms in total. The first kappa shape index (κ1) is 14.3. The maximum atomic E-state index is 11.5. The Labute approximate surface area is 112 Å². The molecule has 1 saturated heterocycles. The van der Waals surface area contributed by atoms with Crippen LogP contribution in [0.5, 0.6) is 0 Å². The summed E-state index contributed by atoms with van der Waals surface area (Å²) in [5, 5.41) is 0. The van der Waals surface area contributed by atoms with Crippen LogP contribution in [0.1, 0.15) is 51.4 Å². The zero-order valence-corrected chi connectivity index (χ0v) is 12.4. The Morgan fingerprint density at radius 1 is 1.00 bits per heavy atom. The number of hydrogen-bond donors (Lipinski definition) is 0. The van der Waals surface area contributed by atoms with E-state index in [9.17, 15) is 8.42 Å². The van der Waals surface area contributed by atoms with Crippen LogP contribution in [0.15, 0.2) is 0 Å². The summed E-state index contributed by atoms with van der Waals surface area (Å²) < 4.78 is 23.0. The van der Waals surface area contributed by atoms with Crippen molar-refractivity contribution in [3.05, 3.63) is 0 Å². The van der Waals surface area contributed by atoms with Crippen LogP contribution in [0.2, 0.25) is 0 Å². The molecule has 4 heteroatoms. The van der Waals surface area contributed by atoms with Gasteiger partial charge < -0.3 is 4.90 Å². The summed E-state index contributed by atoms with van der Waals surface area (Å²) in [6.45, 7) is 0.976. The molecule has 0 amide bonds. The van der Waals surface area contributed by atoms with E-state index < -0.39 is 9.84 Å². The maximum Gasteiger partial charge on any atom is 0.150 e. The first-order valence-corrected chi connectivity index (χ1v) is 9.29. The van der Waals surface area contributed by atoms with Crippen molar-refractivity contribution in [2.24, 2.45) is 5.92 Å². The summed E-state index contributed by atoms with van der Waals surface area (Å²) in [6.07, 6.45) is 10.3. The van der Waals surface area contributed by atoms with Crippen molar-refractivity contribution in [1.29, 1.82) is 0 Å². The number of sulfone groups is 1. The highest BCUT2D eigenvalue weighted by Crippen LogP contribution is 2.24. The lowest BCUT2D eigenvalue weighted by Gasteiger charge is -2.31. The van der Waals surface area contributed by atoms with E-state index in [1.165, 1.54) is 44.9 Å². The maximum absolute atomic E-state index is 11.5. The minimum Gasteiger partial charge on any atom is -0.303 e. The van der Waals surface area contributed by atoms with Crippen molar-refractivity contribution in [2.45, 2.75) is 57.4 Å². The van der Waals surface area contributed by atoms with Gasteiger partial charge in [-0.05, 0) is 32.2 Å². The molecule has 1 aliphatic carbocycles. The summed E-state index contributed by atoms with van der Waals surface area (Å²) >= 11 is 0. The van der Waals surface area contributed by atoms with Crippen molar-refractivity contribution in [3.8, 4) is 0 Å². The predicted molar refractivity (Wildman–Crippen MR) is 75.5 cm³/mol. The van der Waals surface area contributed by atoms with Crippen LogP contribution in [-0.2, 0) is 9.84 Å². The summed E-state index contributed by atoms with van der Waals surface area (Å²) in [7, 11) is -0.520. The third-order valence-corrected chi connectivity index (χ3v) is 6.41. The second-order valence-electron chi connectivity index (χ2n) is 6.21. The molecule has 18 heavy (non-hydrogen) atoms. The summed E-state index contributed by atoms with van der Waals surface area (Å²) in [5.41, 5.74) is 0. The van der Waals surface area contributed by atoms with E-state index in [4.69, 9.17) is 0 Å². The van der Waals surface area contributed by atoms with E-state index >= 15 is 0 Å². The first-order chi connectivity index (χ1) is 8.57. The molecule has 0 radical (unpaired) electrons. The van der Waals surface area contributed by atoms with Gasteiger partial charge in [-0.25, -0.2) is 8.42 Å². The lowest BCUT2D eigenvalue weighted by atomic mass is 9.95. The average Bonchev–Trinajstić information content (AvgIpc) is 2.57. The molecule has 2 aliphatic rings. The highest BCUT2D eigenvalue weighted by atomic mass is 32.2. The zero-order valence-electron chi connectivity index (χ0n) is 11.6. The highest BCUT2D eigenvalue weighted by Gasteiger charge is 2.29. The van der Waals surface area contributed by atoms with Gasteiger partial charge in [0.2, 0.25) is 0 Å². The second-order valence-corrected chi connectivity index (χ2v) is 8.44. The van der Waals surface area contributed by atoms with Crippen LogP contribution >= 0.6 is 0 Å². The van der Waals surface area contributed by atoms with E-state index in [-0.39, 0.29) is 0 Å². The molecule has 2 rings (SSSR count). The largest absolute Gasteiger partial charge is 0.303 e. The number of rotatable bonds is 3. The zero-order chi connectivity index (χ0) is 13.0. The fraction of sp³-hybridized carbons (Fsp3) is 1.00. The van der Waals surface area contributed by atoms with Gasteiger partial charge in [0.05, 0.1) is 11.5 Å². The van der Waals surface area contributed by atoms with Crippen LogP contribution in [0.4, 0.5) is 0 Å². The average molecular weight is 273 g/mol. The first-order valence-electron chi connectivity index (χ1n) is 7.47. The smallest absolute Gasteiger partial charge is 0.150 e. The molecule has 2 fully saturated rings. The third-order valence-electron chi connectivity index (χ3n) is 4.57. The van der Waals surface area contributed by atoms with Crippen molar-refractivity contribution in [1.82, 2.24) is 4.90 Å². The van der Waals surface area contributed by atoms with Crippen molar-refractivity contribution in [2.75, 3.05) is 25.1 Å². The summed E-state index contributed by atoms with van der Waals surface area (Å²) in [5.74, 6) is 1.21. The van der Waals surface area contributed by atoms with Gasteiger partial charge in [-0.1, -0.05) is 32.1 Å². The normalized spacial score (nSPS) is 30.2. The SMILES string of the molecule is CN(C[C@H]1CCS(=O)(=O)C1)C1CCCCCCC1. The van der Waals surface area contributed by atoms with Gasteiger partial charge in [0.15, 0.2) is 9.84 Å². The van der Waals surface area contributed by atoms with E-state index in [2.05, 4.69) is 11.9 Å². The molecule has 0 bridgehead atoms. The van der Waals surface area contributed by atoms with Gasteiger partial charge in [-0.15, -0.1) is 0 Å². The number of nitrogens with zero attached hydrogens (tertiary/aromatic N) is 1. The minimum atomic E-state index is -2.71. The Kier molecular flexibility index (Phi) is 5.07. The minimum absolute atomic E-state index is 0.380. The standard InChI is InChI=1S/C14H27NO2S/c1-15(11-13-9-10-18(16,17)12-13)14-7-5-3-2-4-6-8-14/h13-14H,2-12H2,1H3/t13-/m1/s1. The fourth-order valence-corrected chi connectivity index (χ4v) is 5.30. The van der Waals surface area contributed by atoms with Crippen molar-refractivity contribution >= 4 is 9.84 Å². The monoisotopic (exact) mass is 273 g/mol. The Morgan fingerprint density at radius 3 is 2.17 bits per heavy atom. The molecule has 0 aromatic heterocycles. The van der Waals surface area contributed by atoms with Gasteiger partial charge in [0.25, 0.3) is 0 Å². The molecule has 106 valence electrons. The Bertz CT molecular complexity index is 345. The third kappa shape index (κ3) is 4.23. The van der Waals surface area contributed by atoms with Crippen molar-refractivity contribution < 1.29 is 8.42 Å². The van der Waals surface area contributed by atoms with Gasteiger partial charge in [-0.2, -0.15) is 0 Å². The molecular weight excluding hydrogens is 246 g/mol. The Hall–Kier alpha value is -0.0900. The van der Waals surface area contributed by atoms with Gasteiger partial charge in [0.1, 0.15) is 0 Å². The lowest BCUT2D eigenvalue weighted by Crippen LogP contribution is -2.36. The molecule has 1 saturated carbocycles. The molecule has 1 aliphatic heterocycles. The topological polar surface area (TPSA) is 37.4 Å². The molecule has 0 aromatic carbocycles. The number of hydrogen-bond acceptors (Lipinski definition) is 3. The van der Waals surface area contributed by atoms with E-state index in [1.807, 2.05) is 0 Å². The van der Waals surface area contributed by atoms with Crippen LogP contribution in [0, 0.1) is 5.92 Å². The Morgan fingerprint density at radius 2 is 1.61 bits per heavy atom. The molecule has 0 unspecified atom stereocenters. The summed E-state index contributed by atoms with van der Waals surface area (Å²) in [4.78, 5) is 2.44. The highest BCUT2D eigenvalue weighted by molar-refractivity contribution is 7.91. The molecule has 1 heterocycles. The molecule has 0 aromatic rings. The van der Waals surface area contributed by atoms with E-state index in [1.54, 1.807) is 0 Å². The predicted octanol–water partition coefficient (Wildman–Crippen LogP) is 2.47. The lowest BCUT2D eigenvalue weighted by molar-refractivity contribution is 0.181. The van der Waals surface area contributed by atoms with Gasteiger partial charge in [-0.3, -0.25) is 0 Å². The van der Waals surface area contributed by atoms with Crippen LogP contribution in [0.3, 0.4) is 0 Å². The Balaban J connectivity index is 1.81. The molecule has 0 N–H and O–H groups in total.